The Morgan fingerprint density at radius 2 is 1.87 bits per heavy atom. The number of nitrogens with zero attached hydrogens (tertiary/aromatic N) is 5. The Kier molecular flexibility index (Phi) is 7.63. The Morgan fingerprint density at radius 3 is 2.55 bits per heavy atom. The summed E-state index contributed by atoms with van der Waals surface area (Å²) in [5.74, 6) is -0.0642. The van der Waals surface area contributed by atoms with E-state index in [2.05, 4.69) is 21.4 Å². The Balaban J connectivity index is 1.90. The molecule has 1 amide bonds. The molecular weight excluding hydrogens is 500 g/mol. The molecule has 38 heavy (non-hydrogen) atoms. The van der Waals surface area contributed by atoms with Crippen LogP contribution in [0.3, 0.4) is 0 Å². The van der Waals surface area contributed by atoms with Gasteiger partial charge in [0.25, 0.3) is 5.56 Å². The van der Waals surface area contributed by atoms with Gasteiger partial charge in [0, 0.05) is 34.4 Å². The summed E-state index contributed by atoms with van der Waals surface area (Å²) in [6.07, 6.45) is 1.66. The Bertz CT molecular complexity index is 1630. The lowest BCUT2D eigenvalue weighted by molar-refractivity contribution is -0.123. The van der Waals surface area contributed by atoms with Crippen LogP contribution in [0.4, 0.5) is 0 Å². The van der Waals surface area contributed by atoms with Gasteiger partial charge in [-0.1, -0.05) is 23.7 Å². The minimum atomic E-state index is -0.475. The van der Waals surface area contributed by atoms with E-state index in [1.54, 1.807) is 36.5 Å². The molecule has 0 saturated heterocycles. The number of rotatable bonds is 6. The summed E-state index contributed by atoms with van der Waals surface area (Å²) >= 11 is 6.40. The molecule has 0 fully saturated rings. The first kappa shape index (κ1) is 27.0. The van der Waals surface area contributed by atoms with Gasteiger partial charge in [0.2, 0.25) is 5.91 Å². The number of nitrogens with one attached hydrogen (secondary N) is 1. The second kappa shape index (κ2) is 10.7. The van der Waals surface area contributed by atoms with Crippen molar-refractivity contribution in [3.05, 3.63) is 81.2 Å². The van der Waals surface area contributed by atoms with Crippen molar-refractivity contribution in [2.45, 2.75) is 39.4 Å². The van der Waals surface area contributed by atoms with Crippen LogP contribution in [-0.2, 0) is 17.9 Å². The zero-order valence-electron chi connectivity index (χ0n) is 22.0. The lowest BCUT2D eigenvalue weighted by Gasteiger charge is -2.21. The lowest BCUT2D eigenvalue weighted by Crippen LogP contribution is -2.43. The normalized spacial score (nSPS) is 11.5. The Hall–Kier alpha value is -4.06. The first-order valence-electron chi connectivity index (χ1n) is 12.1. The third kappa shape index (κ3) is 6.25. The summed E-state index contributed by atoms with van der Waals surface area (Å²) < 4.78 is 1.33. The standard InChI is InChI=1S/C29H29ClN6O2/c1-29(2,3)34-25(37)17-36-27(20-8-6-7-18(9-20)14-31)33-26-24(28(36)38)13-22(15-32-26)21-10-19(16-35(4)5)11-23(30)12-21/h6-13,15H,16-17H2,1-5H3,(H,34,37). The average molecular weight is 529 g/mol. The maximum absolute atomic E-state index is 13.8. The van der Waals surface area contributed by atoms with Crippen molar-refractivity contribution in [2.75, 3.05) is 14.1 Å². The van der Waals surface area contributed by atoms with Gasteiger partial charge in [-0.15, -0.1) is 0 Å². The van der Waals surface area contributed by atoms with Crippen molar-refractivity contribution >= 4 is 28.5 Å². The van der Waals surface area contributed by atoms with Crippen LogP contribution >= 0.6 is 11.6 Å². The van der Waals surface area contributed by atoms with Gasteiger partial charge in [-0.3, -0.25) is 14.2 Å². The van der Waals surface area contributed by atoms with Crippen LogP contribution in [0.15, 0.2) is 59.5 Å². The first-order chi connectivity index (χ1) is 17.9. The summed E-state index contributed by atoms with van der Waals surface area (Å²) in [7, 11) is 3.96. The molecular formula is C29H29ClN6O2. The minimum Gasteiger partial charge on any atom is -0.350 e. The fourth-order valence-electron chi connectivity index (χ4n) is 4.23. The van der Waals surface area contributed by atoms with E-state index >= 15 is 0 Å². The third-order valence-electron chi connectivity index (χ3n) is 5.67. The number of nitriles is 1. The quantitative estimate of drug-likeness (QED) is 0.391. The topological polar surface area (TPSA) is 104 Å². The second-order valence-electron chi connectivity index (χ2n) is 10.5. The van der Waals surface area contributed by atoms with Gasteiger partial charge < -0.3 is 10.2 Å². The Labute approximate surface area is 226 Å². The Morgan fingerprint density at radius 1 is 1.11 bits per heavy atom. The first-order valence-corrected chi connectivity index (χ1v) is 12.5. The molecule has 0 unspecified atom stereocenters. The molecule has 4 aromatic rings. The van der Waals surface area contributed by atoms with Gasteiger partial charge in [0.15, 0.2) is 5.65 Å². The van der Waals surface area contributed by atoms with E-state index in [-0.39, 0.29) is 29.3 Å². The van der Waals surface area contributed by atoms with Crippen LogP contribution < -0.4 is 10.9 Å². The molecule has 0 bridgehead atoms. The maximum Gasteiger partial charge on any atom is 0.263 e. The summed E-state index contributed by atoms with van der Waals surface area (Å²) in [4.78, 5) is 38.0. The number of amides is 1. The molecule has 0 aliphatic rings. The monoisotopic (exact) mass is 528 g/mol. The van der Waals surface area contributed by atoms with Gasteiger partial charge in [-0.2, -0.15) is 5.26 Å². The number of benzene rings is 2. The van der Waals surface area contributed by atoms with Crippen molar-refractivity contribution in [2.24, 2.45) is 0 Å². The number of hydrogen-bond donors (Lipinski definition) is 1. The lowest BCUT2D eigenvalue weighted by atomic mass is 10.0. The zero-order chi connectivity index (χ0) is 27.6. The number of carbonyl (C=O) groups is 1. The van der Waals surface area contributed by atoms with Crippen LogP contribution in [0.25, 0.3) is 33.5 Å². The van der Waals surface area contributed by atoms with Gasteiger partial charge in [-0.25, -0.2) is 9.97 Å². The van der Waals surface area contributed by atoms with Crippen molar-refractivity contribution in [1.82, 2.24) is 24.8 Å². The number of halogens is 1. The molecule has 194 valence electrons. The number of aromatic nitrogens is 3. The predicted octanol–water partition coefficient (Wildman–Crippen LogP) is 4.63. The average Bonchev–Trinajstić information content (AvgIpc) is 2.83. The number of fused-ring (bicyclic) bond motifs is 1. The zero-order valence-corrected chi connectivity index (χ0v) is 22.8. The van der Waals surface area contributed by atoms with E-state index in [9.17, 15) is 14.9 Å². The SMILES string of the molecule is CN(C)Cc1cc(Cl)cc(-c2cnc3nc(-c4cccc(C#N)c4)n(CC(=O)NC(C)(C)C)c(=O)c3c2)c1. The largest absolute Gasteiger partial charge is 0.350 e. The highest BCUT2D eigenvalue weighted by Gasteiger charge is 2.20. The molecule has 9 heteroatoms. The molecule has 1 N–H and O–H groups in total. The summed E-state index contributed by atoms with van der Waals surface area (Å²) in [6, 6.07) is 16.3. The van der Waals surface area contributed by atoms with E-state index < -0.39 is 11.1 Å². The van der Waals surface area contributed by atoms with E-state index in [1.807, 2.05) is 58.0 Å². The van der Waals surface area contributed by atoms with Gasteiger partial charge in [0.05, 0.1) is 17.0 Å². The molecule has 2 aromatic carbocycles. The van der Waals surface area contributed by atoms with E-state index in [0.29, 0.717) is 28.3 Å². The molecule has 0 radical (unpaired) electrons. The van der Waals surface area contributed by atoms with Crippen molar-refractivity contribution in [3.63, 3.8) is 0 Å². The van der Waals surface area contributed by atoms with Gasteiger partial charge in [-0.05, 0) is 82.4 Å². The highest BCUT2D eigenvalue weighted by molar-refractivity contribution is 6.31. The summed E-state index contributed by atoms with van der Waals surface area (Å²) in [6.45, 7) is 6.08. The molecule has 0 aliphatic heterocycles. The molecule has 0 atom stereocenters. The van der Waals surface area contributed by atoms with E-state index in [4.69, 9.17) is 11.6 Å². The third-order valence-corrected chi connectivity index (χ3v) is 5.88. The molecule has 2 heterocycles. The highest BCUT2D eigenvalue weighted by Crippen LogP contribution is 2.27. The fourth-order valence-corrected chi connectivity index (χ4v) is 4.49. The fraction of sp³-hybridized carbons (Fsp3) is 0.276. The van der Waals surface area contributed by atoms with Crippen LogP contribution in [0.5, 0.6) is 0 Å². The summed E-state index contributed by atoms with van der Waals surface area (Å²) in [5, 5.41) is 13.1. The number of carbonyl (C=O) groups excluding carboxylic acids is 1. The van der Waals surface area contributed by atoms with E-state index in [1.165, 1.54) is 4.57 Å². The van der Waals surface area contributed by atoms with Crippen molar-refractivity contribution in [3.8, 4) is 28.6 Å². The van der Waals surface area contributed by atoms with Crippen LogP contribution in [0.2, 0.25) is 5.02 Å². The number of hydrogen-bond acceptors (Lipinski definition) is 6. The van der Waals surface area contributed by atoms with Crippen LogP contribution in [0, 0.1) is 11.3 Å². The van der Waals surface area contributed by atoms with Crippen molar-refractivity contribution < 1.29 is 4.79 Å². The molecule has 8 nitrogen and oxygen atoms in total. The molecule has 0 saturated carbocycles. The van der Waals surface area contributed by atoms with Crippen molar-refractivity contribution in [1.29, 1.82) is 5.26 Å². The van der Waals surface area contributed by atoms with Gasteiger partial charge >= 0.3 is 0 Å². The van der Waals surface area contributed by atoms with Crippen LogP contribution in [0.1, 0.15) is 31.9 Å². The number of pyridine rings is 1. The van der Waals surface area contributed by atoms with Gasteiger partial charge in [0.1, 0.15) is 12.4 Å². The molecule has 0 spiro atoms. The highest BCUT2D eigenvalue weighted by atomic mass is 35.5. The maximum atomic E-state index is 13.8. The summed E-state index contributed by atoms with van der Waals surface area (Å²) in [5.41, 5.74) is 2.90. The van der Waals surface area contributed by atoms with Crippen LogP contribution in [-0.4, -0.2) is 45.0 Å². The molecule has 4 rings (SSSR count). The van der Waals surface area contributed by atoms with E-state index in [0.717, 1.165) is 11.1 Å². The second-order valence-corrected chi connectivity index (χ2v) is 10.9. The predicted molar refractivity (Wildman–Crippen MR) is 150 cm³/mol. The molecule has 0 aliphatic carbocycles. The smallest absolute Gasteiger partial charge is 0.263 e. The minimum absolute atomic E-state index is 0.237. The molecule has 2 aromatic heterocycles.